The number of H-pyrrole nitrogens is 1. The lowest BCUT2D eigenvalue weighted by Crippen LogP contribution is -1.74. The van der Waals surface area contributed by atoms with E-state index in [0.29, 0.717) is 0 Å². The Kier molecular flexibility index (Phi) is 2.12. The van der Waals surface area contributed by atoms with Gasteiger partial charge in [-0.3, -0.25) is 0 Å². The molecule has 0 unspecified atom stereocenters. The van der Waals surface area contributed by atoms with Crippen LogP contribution >= 0.6 is 0 Å². The molecule has 112 valence electrons. The lowest BCUT2D eigenvalue weighted by molar-refractivity contribution is 0.673. The van der Waals surface area contributed by atoms with Gasteiger partial charge in [0.1, 0.15) is 11.2 Å². The van der Waals surface area contributed by atoms with Crippen molar-refractivity contribution in [2.24, 2.45) is 0 Å². The van der Waals surface area contributed by atoms with Crippen LogP contribution in [-0.4, -0.2) is 4.98 Å². The summed E-state index contributed by atoms with van der Waals surface area (Å²) in [5.74, 6) is 0. The van der Waals surface area contributed by atoms with Crippen LogP contribution in [0.15, 0.2) is 77.2 Å². The zero-order chi connectivity index (χ0) is 15.7. The molecule has 0 bridgehead atoms. The summed E-state index contributed by atoms with van der Waals surface area (Å²) in [6.45, 7) is 0. The van der Waals surface area contributed by atoms with Gasteiger partial charge in [-0.2, -0.15) is 0 Å². The number of aromatic amines is 1. The molecule has 0 fully saturated rings. The fraction of sp³-hybridized carbons (Fsp3) is 0. The van der Waals surface area contributed by atoms with Crippen LogP contribution in [-0.2, 0) is 0 Å². The van der Waals surface area contributed by atoms with Gasteiger partial charge in [-0.25, -0.2) is 0 Å². The Hall–Kier alpha value is -3.26. The highest BCUT2D eigenvalue weighted by atomic mass is 16.3. The fourth-order valence-electron chi connectivity index (χ4n) is 3.91. The molecule has 6 rings (SSSR count). The van der Waals surface area contributed by atoms with Gasteiger partial charge in [0, 0.05) is 27.1 Å². The first-order valence-electron chi connectivity index (χ1n) is 8.13. The number of aromatic nitrogens is 1. The maximum absolute atomic E-state index is 6.25. The second kappa shape index (κ2) is 4.18. The van der Waals surface area contributed by atoms with Crippen LogP contribution < -0.4 is 0 Å². The van der Waals surface area contributed by atoms with Crippen molar-refractivity contribution in [3.05, 3.63) is 72.8 Å². The van der Waals surface area contributed by atoms with Gasteiger partial charge >= 0.3 is 0 Å². The van der Waals surface area contributed by atoms with E-state index in [9.17, 15) is 0 Å². The van der Waals surface area contributed by atoms with Gasteiger partial charge in [-0.05, 0) is 29.7 Å². The first-order chi connectivity index (χ1) is 11.9. The predicted octanol–water partition coefficient (Wildman–Crippen LogP) is 6.37. The molecular weight excluding hydrogens is 294 g/mol. The molecule has 0 saturated heterocycles. The van der Waals surface area contributed by atoms with E-state index in [1.807, 2.05) is 0 Å². The molecule has 0 atom stereocenters. The van der Waals surface area contributed by atoms with Gasteiger partial charge < -0.3 is 9.40 Å². The van der Waals surface area contributed by atoms with E-state index in [-0.39, 0.29) is 0 Å². The van der Waals surface area contributed by atoms with E-state index < -0.39 is 0 Å². The van der Waals surface area contributed by atoms with Crippen LogP contribution in [0.1, 0.15) is 0 Å². The van der Waals surface area contributed by atoms with Crippen LogP contribution in [0.5, 0.6) is 0 Å². The summed E-state index contributed by atoms with van der Waals surface area (Å²) in [7, 11) is 0. The van der Waals surface area contributed by atoms with Crippen molar-refractivity contribution in [2.75, 3.05) is 0 Å². The molecule has 0 amide bonds. The first kappa shape index (κ1) is 12.2. The summed E-state index contributed by atoms with van der Waals surface area (Å²) in [6.07, 6.45) is 0. The number of benzene rings is 4. The van der Waals surface area contributed by atoms with E-state index >= 15 is 0 Å². The van der Waals surface area contributed by atoms with Gasteiger partial charge in [-0.1, -0.05) is 48.5 Å². The predicted molar refractivity (Wildman–Crippen MR) is 101 cm³/mol. The number of furan rings is 1. The van der Waals surface area contributed by atoms with Crippen LogP contribution in [0.2, 0.25) is 0 Å². The van der Waals surface area contributed by atoms with Crippen LogP contribution in [0, 0.1) is 0 Å². The second-order valence-electron chi connectivity index (χ2n) is 6.30. The molecule has 0 aliphatic carbocycles. The number of hydrogen-bond donors (Lipinski definition) is 1. The summed E-state index contributed by atoms with van der Waals surface area (Å²) in [5, 5.41) is 7.20. The van der Waals surface area contributed by atoms with E-state index in [0.717, 1.165) is 27.6 Å². The zero-order valence-corrected chi connectivity index (χ0v) is 12.8. The fourth-order valence-corrected chi connectivity index (χ4v) is 3.91. The number of hydrogen-bond acceptors (Lipinski definition) is 1. The molecule has 0 radical (unpaired) electrons. The Bertz CT molecular complexity index is 1400. The molecule has 2 heteroatoms. The smallest absolute Gasteiger partial charge is 0.143 e. The van der Waals surface area contributed by atoms with Gasteiger partial charge in [-0.15, -0.1) is 0 Å². The number of para-hydroxylation sites is 1. The molecule has 0 aliphatic rings. The minimum absolute atomic E-state index is 0.931. The van der Waals surface area contributed by atoms with E-state index in [1.54, 1.807) is 0 Å². The monoisotopic (exact) mass is 307 g/mol. The number of fused-ring (bicyclic) bond motifs is 9. The Labute approximate surface area is 137 Å². The highest BCUT2D eigenvalue weighted by Gasteiger charge is 2.15. The van der Waals surface area contributed by atoms with Gasteiger partial charge in [0.25, 0.3) is 0 Å². The molecule has 0 spiro atoms. The van der Waals surface area contributed by atoms with E-state index in [2.05, 4.69) is 77.8 Å². The average Bonchev–Trinajstić information content (AvgIpc) is 3.19. The molecule has 1 N–H and O–H groups in total. The molecule has 0 aliphatic heterocycles. The van der Waals surface area contributed by atoms with Crippen LogP contribution in [0.4, 0.5) is 0 Å². The van der Waals surface area contributed by atoms with Gasteiger partial charge in [0.15, 0.2) is 0 Å². The average molecular weight is 307 g/mol. The quantitative estimate of drug-likeness (QED) is 0.347. The van der Waals surface area contributed by atoms with Crippen molar-refractivity contribution >= 4 is 54.5 Å². The third-order valence-corrected chi connectivity index (χ3v) is 5.00. The topological polar surface area (TPSA) is 28.9 Å². The highest BCUT2D eigenvalue weighted by Crippen LogP contribution is 2.39. The molecular formula is C22H13NO. The Morgan fingerprint density at radius 3 is 2.38 bits per heavy atom. The van der Waals surface area contributed by atoms with Crippen molar-refractivity contribution in [3.63, 3.8) is 0 Å². The SMILES string of the molecule is c1ccc2c(c1)ccc1c2oc2ccc3c4ccccc4[nH]c3c21. The summed E-state index contributed by atoms with van der Waals surface area (Å²) in [5.41, 5.74) is 4.22. The zero-order valence-electron chi connectivity index (χ0n) is 12.8. The largest absolute Gasteiger partial charge is 0.455 e. The minimum Gasteiger partial charge on any atom is -0.455 e. The van der Waals surface area contributed by atoms with Crippen LogP contribution in [0.25, 0.3) is 54.5 Å². The lowest BCUT2D eigenvalue weighted by atomic mass is 10.0. The van der Waals surface area contributed by atoms with E-state index in [4.69, 9.17) is 4.42 Å². The number of rotatable bonds is 0. The summed E-state index contributed by atoms with van der Waals surface area (Å²) in [4.78, 5) is 3.59. The summed E-state index contributed by atoms with van der Waals surface area (Å²) >= 11 is 0. The Morgan fingerprint density at radius 1 is 0.625 bits per heavy atom. The van der Waals surface area contributed by atoms with Crippen molar-refractivity contribution in [1.82, 2.24) is 4.98 Å². The Balaban J connectivity index is 1.91. The van der Waals surface area contributed by atoms with Crippen LogP contribution in [0.3, 0.4) is 0 Å². The lowest BCUT2D eigenvalue weighted by Gasteiger charge is -1.97. The minimum atomic E-state index is 0.931. The molecule has 6 aromatic rings. The maximum Gasteiger partial charge on any atom is 0.143 e. The van der Waals surface area contributed by atoms with Crippen molar-refractivity contribution in [2.45, 2.75) is 0 Å². The first-order valence-corrected chi connectivity index (χ1v) is 8.13. The second-order valence-corrected chi connectivity index (χ2v) is 6.30. The Morgan fingerprint density at radius 2 is 1.42 bits per heavy atom. The summed E-state index contributed by atoms with van der Waals surface area (Å²) in [6, 6.07) is 25.4. The van der Waals surface area contributed by atoms with Crippen molar-refractivity contribution in [1.29, 1.82) is 0 Å². The van der Waals surface area contributed by atoms with E-state index in [1.165, 1.54) is 26.9 Å². The third-order valence-electron chi connectivity index (χ3n) is 5.00. The van der Waals surface area contributed by atoms with Gasteiger partial charge in [0.2, 0.25) is 0 Å². The third kappa shape index (κ3) is 1.41. The van der Waals surface area contributed by atoms with Crippen molar-refractivity contribution < 1.29 is 4.42 Å². The maximum atomic E-state index is 6.25. The normalized spacial score (nSPS) is 12.2. The highest BCUT2D eigenvalue weighted by molar-refractivity contribution is 6.26. The molecule has 0 saturated carbocycles. The molecule has 4 aromatic carbocycles. The summed E-state index contributed by atoms with van der Waals surface area (Å²) < 4.78 is 6.25. The molecule has 2 heterocycles. The molecule has 2 aromatic heterocycles. The standard InChI is InChI=1S/C22H13NO/c1-2-6-14-13(5-1)9-10-17-20-19(24-22(14)17)12-11-16-15-7-3-4-8-18(15)23-21(16)20/h1-12,23H. The molecule has 2 nitrogen and oxygen atoms in total. The number of nitrogens with one attached hydrogen (secondary N) is 1. The van der Waals surface area contributed by atoms with Gasteiger partial charge in [0.05, 0.1) is 10.9 Å². The van der Waals surface area contributed by atoms with Crippen molar-refractivity contribution in [3.8, 4) is 0 Å². The molecule has 24 heavy (non-hydrogen) atoms.